The van der Waals surface area contributed by atoms with Crippen LogP contribution in [0.15, 0.2) is 53.6 Å². The van der Waals surface area contributed by atoms with Crippen LogP contribution in [0.3, 0.4) is 0 Å². The van der Waals surface area contributed by atoms with E-state index in [2.05, 4.69) is 35.3 Å². The van der Waals surface area contributed by atoms with Crippen molar-refractivity contribution in [3.63, 3.8) is 0 Å². The van der Waals surface area contributed by atoms with Crippen LogP contribution >= 0.6 is 0 Å². The number of nitrogens with zero attached hydrogens (tertiary/aromatic N) is 2. The maximum Gasteiger partial charge on any atom is 0.115 e. The number of rotatable bonds is 1. The second-order valence-electron chi connectivity index (χ2n) is 5.90. The summed E-state index contributed by atoms with van der Waals surface area (Å²) in [7, 11) is 2.03. The van der Waals surface area contributed by atoms with Gasteiger partial charge < -0.3 is 5.11 Å². The molecule has 2 aliphatic rings. The van der Waals surface area contributed by atoms with Gasteiger partial charge in [0.05, 0.1) is 11.8 Å². The molecule has 0 spiro atoms. The van der Waals surface area contributed by atoms with Gasteiger partial charge in [0.15, 0.2) is 0 Å². The Labute approximate surface area is 124 Å². The number of hydrogen-bond donors (Lipinski definition) is 1. The van der Waals surface area contributed by atoms with E-state index in [9.17, 15) is 5.11 Å². The van der Waals surface area contributed by atoms with Crippen molar-refractivity contribution in [2.75, 3.05) is 7.05 Å². The van der Waals surface area contributed by atoms with E-state index in [0.717, 1.165) is 18.4 Å². The molecule has 106 valence electrons. The Balaban J connectivity index is 1.76. The van der Waals surface area contributed by atoms with Crippen LogP contribution in [-0.2, 0) is 6.42 Å². The van der Waals surface area contributed by atoms with Crippen LogP contribution in [0.2, 0.25) is 0 Å². The van der Waals surface area contributed by atoms with Crippen molar-refractivity contribution < 1.29 is 5.11 Å². The van der Waals surface area contributed by atoms with Crippen molar-refractivity contribution >= 4 is 5.71 Å². The van der Waals surface area contributed by atoms with Crippen LogP contribution in [0, 0.1) is 5.92 Å². The number of benzene rings is 2. The molecule has 2 aromatic rings. The maximum atomic E-state index is 9.76. The van der Waals surface area contributed by atoms with E-state index in [0.29, 0.717) is 11.7 Å². The zero-order valence-corrected chi connectivity index (χ0v) is 12.0. The SMILES string of the molecule is CN1N=C2c3ccccc3CC[C@H]2C1c1cccc(O)c1. The van der Waals surface area contributed by atoms with Crippen molar-refractivity contribution in [1.82, 2.24) is 5.01 Å². The lowest BCUT2D eigenvalue weighted by molar-refractivity contribution is 0.243. The molecule has 1 unspecified atom stereocenters. The van der Waals surface area contributed by atoms with Gasteiger partial charge in [-0.2, -0.15) is 5.10 Å². The topological polar surface area (TPSA) is 35.8 Å². The smallest absolute Gasteiger partial charge is 0.115 e. The molecule has 3 nitrogen and oxygen atoms in total. The molecular weight excluding hydrogens is 260 g/mol. The largest absolute Gasteiger partial charge is 0.508 e. The minimum absolute atomic E-state index is 0.223. The van der Waals surface area contributed by atoms with Gasteiger partial charge in [-0.05, 0) is 36.1 Å². The summed E-state index contributed by atoms with van der Waals surface area (Å²) >= 11 is 0. The minimum atomic E-state index is 0.223. The molecule has 0 amide bonds. The number of hydrogen-bond acceptors (Lipinski definition) is 3. The van der Waals surface area contributed by atoms with E-state index < -0.39 is 0 Å². The van der Waals surface area contributed by atoms with Crippen LogP contribution < -0.4 is 0 Å². The highest BCUT2D eigenvalue weighted by atomic mass is 16.3. The van der Waals surface area contributed by atoms with Gasteiger partial charge in [-0.3, -0.25) is 5.01 Å². The van der Waals surface area contributed by atoms with Gasteiger partial charge in [0.2, 0.25) is 0 Å². The highest BCUT2D eigenvalue weighted by Crippen LogP contribution is 2.42. The molecule has 1 heterocycles. The van der Waals surface area contributed by atoms with E-state index >= 15 is 0 Å². The third-order valence-corrected chi connectivity index (χ3v) is 4.63. The Kier molecular flexibility index (Phi) is 2.74. The van der Waals surface area contributed by atoms with E-state index in [1.807, 2.05) is 19.2 Å². The summed E-state index contributed by atoms with van der Waals surface area (Å²) in [6.07, 6.45) is 2.21. The number of fused-ring (bicyclic) bond motifs is 3. The molecule has 0 radical (unpaired) electrons. The Morgan fingerprint density at radius 2 is 2.00 bits per heavy atom. The quantitative estimate of drug-likeness (QED) is 0.868. The normalized spacial score (nSPS) is 23.5. The molecule has 0 aromatic heterocycles. The lowest BCUT2D eigenvalue weighted by Crippen LogP contribution is -2.27. The van der Waals surface area contributed by atoms with Gasteiger partial charge in [0.25, 0.3) is 0 Å². The van der Waals surface area contributed by atoms with E-state index in [1.165, 1.54) is 16.8 Å². The monoisotopic (exact) mass is 278 g/mol. The standard InChI is InChI=1S/C18H18N2O/c1-20-18(13-6-4-7-14(21)11-13)16-10-9-12-5-2-3-8-15(12)17(16)19-20/h2-8,11,16,18,21H,9-10H2,1H3/t16-,18?/m1/s1. The highest BCUT2D eigenvalue weighted by molar-refractivity contribution is 6.05. The molecule has 0 saturated heterocycles. The van der Waals surface area contributed by atoms with Crippen molar-refractivity contribution in [3.8, 4) is 5.75 Å². The fraction of sp³-hybridized carbons (Fsp3) is 0.278. The number of aromatic hydroxyl groups is 1. The first kappa shape index (κ1) is 12.5. The summed E-state index contributed by atoms with van der Waals surface area (Å²) in [5.41, 5.74) is 5.04. The summed E-state index contributed by atoms with van der Waals surface area (Å²) < 4.78 is 0. The van der Waals surface area contributed by atoms with Crippen molar-refractivity contribution in [2.45, 2.75) is 18.9 Å². The zero-order valence-electron chi connectivity index (χ0n) is 12.0. The predicted octanol–water partition coefficient (Wildman–Crippen LogP) is 3.35. The second kappa shape index (κ2) is 4.62. The lowest BCUT2D eigenvalue weighted by Gasteiger charge is -2.29. The Morgan fingerprint density at radius 3 is 2.86 bits per heavy atom. The molecule has 2 atom stereocenters. The lowest BCUT2D eigenvalue weighted by atomic mass is 9.77. The molecule has 0 saturated carbocycles. The van der Waals surface area contributed by atoms with E-state index in [4.69, 9.17) is 5.10 Å². The summed E-state index contributed by atoms with van der Waals surface area (Å²) in [5, 5.41) is 16.6. The van der Waals surface area contributed by atoms with Gasteiger partial charge >= 0.3 is 0 Å². The maximum absolute atomic E-state index is 9.76. The first-order valence-electron chi connectivity index (χ1n) is 7.42. The molecular formula is C18H18N2O. The van der Waals surface area contributed by atoms with E-state index in [-0.39, 0.29) is 6.04 Å². The van der Waals surface area contributed by atoms with Gasteiger partial charge in [-0.25, -0.2) is 0 Å². The van der Waals surface area contributed by atoms with Gasteiger partial charge in [-0.1, -0.05) is 36.4 Å². The number of phenolic OH excluding ortho intramolecular Hbond substituents is 1. The number of phenols is 1. The van der Waals surface area contributed by atoms with Crippen LogP contribution in [-0.4, -0.2) is 22.9 Å². The second-order valence-corrected chi connectivity index (χ2v) is 5.90. The fourth-order valence-corrected chi connectivity index (χ4v) is 3.72. The van der Waals surface area contributed by atoms with Crippen molar-refractivity contribution in [3.05, 3.63) is 65.2 Å². The number of aryl methyl sites for hydroxylation is 1. The average Bonchev–Trinajstić information content (AvgIpc) is 2.83. The molecule has 1 N–H and O–H groups in total. The summed E-state index contributed by atoms with van der Waals surface area (Å²) in [4.78, 5) is 0. The van der Waals surface area contributed by atoms with Gasteiger partial charge in [0.1, 0.15) is 5.75 Å². The van der Waals surface area contributed by atoms with Gasteiger partial charge in [0, 0.05) is 18.5 Å². The summed E-state index contributed by atoms with van der Waals surface area (Å²) in [6, 6.07) is 16.4. The first-order chi connectivity index (χ1) is 10.2. The summed E-state index contributed by atoms with van der Waals surface area (Å²) in [6.45, 7) is 0. The van der Waals surface area contributed by atoms with Gasteiger partial charge in [-0.15, -0.1) is 0 Å². The minimum Gasteiger partial charge on any atom is -0.508 e. The van der Waals surface area contributed by atoms with Crippen LogP contribution in [0.4, 0.5) is 0 Å². The molecule has 3 heteroatoms. The van der Waals surface area contributed by atoms with Crippen LogP contribution in [0.25, 0.3) is 0 Å². The Bertz CT molecular complexity index is 723. The predicted molar refractivity (Wildman–Crippen MR) is 83.4 cm³/mol. The molecule has 1 aliphatic heterocycles. The Morgan fingerprint density at radius 1 is 1.14 bits per heavy atom. The molecule has 0 bridgehead atoms. The van der Waals surface area contributed by atoms with Crippen LogP contribution in [0.5, 0.6) is 5.75 Å². The molecule has 21 heavy (non-hydrogen) atoms. The summed E-state index contributed by atoms with van der Waals surface area (Å²) in [5.74, 6) is 0.734. The fourth-order valence-electron chi connectivity index (χ4n) is 3.72. The molecule has 2 aromatic carbocycles. The molecule has 0 fully saturated rings. The zero-order chi connectivity index (χ0) is 14.4. The van der Waals surface area contributed by atoms with Crippen LogP contribution in [0.1, 0.15) is 29.2 Å². The Hall–Kier alpha value is -2.29. The first-order valence-corrected chi connectivity index (χ1v) is 7.42. The van der Waals surface area contributed by atoms with Crippen molar-refractivity contribution in [1.29, 1.82) is 0 Å². The highest BCUT2D eigenvalue weighted by Gasteiger charge is 2.39. The van der Waals surface area contributed by atoms with E-state index in [1.54, 1.807) is 6.07 Å². The molecule has 4 rings (SSSR count). The molecule has 1 aliphatic carbocycles. The third-order valence-electron chi connectivity index (χ3n) is 4.63. The average molecular weight is 278 g/mol. The van der Waals surface area contributed by atoms with Crippen molar-refractivity contribution in [2.24, 2.45) is 11.0 Å². The number of hydrazone groups is 1. The third kappa shape index (κ3) is 1.92.